The maximum Gasteiger partial charge on any atom is 0.241 e. The Morgan fingerprint density at radius 1 is 1.03 bits per heavy atom. The third-order valence-corrected chi connectivity index (χ3v) is 8.03. The number of aromatic amines is 1. The lowest BCUT2D eigenvalue weighted by Gasteiger charge is -2.32. The molecular weight excluding hydrogens is 448 g/mol. The van der Waals surface area contributed by atoms with Gasteiger partial charge in [0.15, 0.2) is 0 Å². The summed E-state index contributed by atoms with van der Waals surface area (Å²) in [5, 5.41) is 1.48. The van der Waals surface area contributed by atoms with Gasteiger partial charge in [0.05, 0.1) is 15.9 Å². The Labute approximate surface area is 199 Å². The summed E-state index contributed by atoms with van der Waals surface area (Å²) in [5.74, 6) is 0.856. The molecule has 0 unspecified atom stereocenters. The predicted molar refractivity (Wildman–Crippen MR) is 134 cm³/mol. The van der Waals surface area contributed by atoms with Gasteiger partial charge in [0.25, 0.3) is 0 Å². The Balaban J connectivity index is 1.43. The Morgan fingerprint density at radius 3 is 2.47 bits per heavy atom. The van der Waals surface area contributed by atoms with Crippen molar-refractivity contribution in [2.24, 2.45) is 0 Å². The van der Waals surface area contributed by atoms with Crippen molar-refractivity contribution in [3.05, 3.63) is 60.7 Å². The first-order valence-corrected chi connectivity index (χ1v) is 13.2. The minimum Gasteiger partial charge on any atom is -0.343 e. The van der Waals surface area contributed by atoms with Crippen molar-refractivity contribution in [2.45, 2.75) is 43.5 Å². The summed E-state index contributed by atoms with van der Waals surface area (Å²) in [4.78, 5) is 22.3. The van der Waals surface area contributed by atoms with Crippen LogP contribution >= 0.6 is 0 Å². The summed E-state index contributed by atoms with van der Waals surface area (Å²) in [6, 6.07) is 18.6. The molecule has 4 aromatic rings. The lowest BCUT2D eigenvalue weighted by molar-refractivity contribution is -0.132. The number of piperidine rings is 1. The molecule has 1 fully saturated rings. The monoisotopic (exact) mass is 476 g/mol. The Morgan fingerprint density at radius 2 is 1.74 bits per heavy atom. The van der Waals surface area contributed by atoms with E-state index in [1.807, 2.05) is 66.4 Å². The van der Waals surface area contributed by atoms with Gasteiger partial charge in [0.2, 0.25) is 15.9 Å². The van der Waals surface area contributed by atoms with E-state index in [1.165, 1.54) is 0 Å². The van der Waals surface area contributed by atoms with Gasteiger partial charge < -0.3 is 9.88 Å². The van der Waals surface area contributed by atoms with Gasteiger partial charge in [-0.25, -0.2) is 18.1 Å². The summed E-state index contributed by atoms with van der Waals surface area (Å²) in [7, 11) is -3.74. The zero-order valence-electron chi connectivity index (χ0n) is 19.1. The average molecular weight is 477 g/mol. The molecule has 2 N–H and O–H groups in total. The fourth-order valence-corrected chi connectivity index (χ4v) is 6.21. The third kappa shape index (κ3) is 4.31. The molecule has 8 heteroatoms. The van der Waals surface area contributed by atoms with Crippen LogP contribution in [-0.2, 0) is 14.8 Å². The first-order valence-electron chi connectivity index (χ1n) is 11.7. The van der Waals surface area contributed by atoms with Crippen molar-refractivity contribution >= 4 is 37.7 Å². The van der Waals surface area contributed by atoms with E-state index in [2.05, 4.69) is 9.71 Å². The van der Waals surface area contributed by atoms with Crippen LogP contribution in [0.5, 0.6) is 0 Å². The van der Waals surface area contributed by atoms with Crippen LogP contribution in [-0.4, -0.2) is 48.3 Å². The number of aromatic nitrogens is 2. The molecule has 0 atom stereocenters. The number of nitrogens with one attached hydrogen (secondary N) is 2. The molecule has 0 bridgehead atoms. The molecule has 1 aliphatic heterocycles. The van der Waals surface area contributed by atoms with E-state index in [9.17, 15) is 13.2 Å². The van der Waals surface area contributed by atoms with Crippen LogP contribution in [0.2, 0.25) is 0 Å². The number of likely N-dealkylation sites (tertiary alicyclic amines) is 1. The molecule has 34 heavy (non-hydrogen) atoms. The molecule has 1 aromatic heterocycles. The molecule has 5 rings (SSSR count). The first kappa shape index (κ1) is 22.6. The number of H-pyrrole nitrogens is 1. The predicted octanol–water partition coefficient (Wildman–Crippen LogP) is 4.45. The second-order valence-electron chi connectivity index (χ2n) is 8.79. The Kier molecular flexibility index (Phi) is 6.10. The molecule has 0 aliphatic carbocycles. The summed E-state index contributed by atoms with van der Waals surface area (Å²) in [6.07, 6.45) is 2.59. The van der Waals surface area contributed by atoms with Gasteiger partial charge >= 0.3 is 0 Å². The van der Waals surface area contributed by atoms with Gasteiger partial charge in [-0.05, 0) is 48.9 Å². The zero-order valence-corrected chi connectivity index (χ0v) is 19.9. The average Bonchev–Trinajstić information content (AvgIpc) is 3.28. The normalized spacial score (nSPS) is 15.3. The van der Waals surface area contributed by atoms with Gasteiger partial charge in [-0.15, -0.1) is 0 Å². The quantitative estimate of drug-likeness (QED) is 0.430. The summed E-state index contributed by atoms with van der Waals surface area (Å²) in [5.41, 5.74) is 2.65. The van der Waals surface area contributed by atoms with Crippen molar-refractivity contribution < 1.29 is 13.2 Å². The highest BCUT2D eigenvalue weighted by Crippen LogP contribution is 2.32. The van der Waals surface area contributed by atoms with Gasteiger partial charge in [-0.2, -0.15) is 0 Å². The number of carbonyl (C=O) groups excluding carboxylic acids is 1. The zero-order chi connectivity index (χ0) is 23.7. The number of nitrogens with zero attached hydrogens (tertiary/aromatic N) is 2. The van der Waals surface area contributed by atoms with Crippen molar-refractivity contribution in [1.82, 2.24) is 19.6 Å². The minimum atomic E-state index is -3.74. The number of sulfonamides is 1. The van der Waals surface area contributed by atoms with Crippen LogP contribution in [0.15, 0.2) is 65.6 Å². The van der Waals surface area contributed by atoms with E-state index in [0.29, 0.717) is 43.6 Å². The van der Waals surface area contributed by atoms with Crippen molar-refractivity contribution in [3.63, 3.8) is 0 Å². The van der Waals surface area contributed by atoms with Crippen LogP contribution in [0.3, 0.4) is 0 Å². The van der Waals surface area contributed by atoms with E-state index < -0.39 is 10.0 Å². The lowest BCUT2D eigenvalue weighted by Crippen LogP contribution is -2.46. The highest BCUT2D eigenvalue weighted by atomic mass is 32.2. The Hall–Kier alpha value is -3.23. The van der Waals surface area contributed by atoms with Crippen LogP contribution in [0.25, 0.3) is 33.2 Å². The van der Waals surface area contributed by atoms with Gasteiger partial charge in [0.1, 0.15) is 5.82 Å². The van der Waals surface area contributed by atoms with Gasteiger partial charge in [-0.1, -0.05) is 43.3 Å². The van der Waals surface area contributed by atoms with Crippen LogP contribution in [0.4, 0.5) is 0 Å². The number of benzene rings is 3. The maximum absolute atomic E-state index is 13.4. The molecule has 3 aromatic carbocycles. The molecule has 176 valence electrons. The fourth-order valence-electron chi connectivity index (χ4n) is 4.69. The van der Waals surface area contributed by atoms with E-state index in [4.69, 9.17) is 4.98 Å². The molecule has 1 amide bonds. The van der Waals surface area contributed by atoms with Gasteiger partial charge in [-0.3, -0.25) is 4.79 Å². The molecule has 0 radical (unpaired) electrons. The highest BCUT2D eigenvalue weighted by molar-refractivity contribution is 7.89. The number of imidazole rings is 1. The maximum atomic E-state index is 13.4. The number of amides is 1. The van der Waals surface area contributed by atoms with Crippen molar-refractivity contribution in [2.75, 3.05) is 13.1 Å². The van der Waals surface area contributed by atoms with E-state index in [0.717, 1.165) is 28.4 Å². The van der Waals surface area contributed by atoms with E-state index >= 15 is 0 Å². The molecular formula is C26H28N4O3S. The topological polar surface area (TPSA) is 95.2 Å². The van der Waals surface area contributed by atoms with Crippen LogP contribution in [0.1, 0.15) is 32.6 Å². The smallest absolute Gasteiger partial charge is 0.241 e. The largest absolute Gasteiger partial charge is 0.343 e. The molecule has 1 aliphatic rings. The number of fused-ring (bicyclic) bond motifs is 2. The minimum absolute atomic E-state index is 0.149. The first-order chi connectivity index (χ1) is 16.5. The number of carbonyl (C=O) groups is 1. The molecule has 1 saturated heterocycles. The molecule has 7 nitrogen and oxygen atoms in total. The summed E-state index contributed by atoms with van der Waals surface area (Å²) in [6.45, 7) is 3.15. The third-order valence-electron chi connectivity index (χ3n) is 6.45. The summed E-state index contributed by atoms with van der Waals surface area (Å²) < 4.78 is 29.7. The highest BCUT2D eigenvalue weighted by Gasteiger charge is 2.27. The SMILES string of the molecule is CCCC(=O)N1CCC(NS(=O)(=O)c2ccc(-c3nc4ccccc4[nH]3)c3ccccc23)CC1. The number of hydrogen-bond acceptors (Lipinski definition) is 4. The fraction of sp³-hybridized carbons (Fsp3) is 0.308. The second-order valence-corrected chi connectivity index (χ2v) is 10.5. The number of para-hydroxylation sites is 2. The number of hydrogen-bond donors (Lipinski definition) is 2. The molecule has 0 saturated carbocycles. The Bertz CT molecular complexity index is 1420. The van der Waals surface area contributed by atoms with Gasteiger partial charge in [0, 0.05) is 36.5 Å². The summed E-state index contributed by atoms with van der Waals surface area (Å²) >= 11 is 0. The van der Waals surface area contributed by atoms with Crippen LogP contribution < -0.4 is 4.72 Å². The van der Waals surface area contributed by atoms with Crippen molar-refractivity contribution in [1.29, 1.82) is 0 Å². The van der Waals surface area contributed by atoms with Crippen molar-refractivity contribution in [3.8, 4) is 11.4 Å². The molecule has 0 spiro atoms. The second kappa shape index (κ2) is 9.19. The van der Waals surface area contributed by atoms with E-state index in [1.54, 1.807) is 6.07 Å². The lowest BCUT2D eigenvalue weighted by atomic mass is 10.0. The van der Waals surface area contributed by atoms with E-state index in [-0.39, 0.29) is 16.8 Å². The standard InChI is InChI=1S/C26H28N4O3S/c1-2-7-25(31)30-16-14-18(15-17-30)29-34(32,33)24-13-12-21(19-8-3-4-9-20(19)24)26-27-22-10-5-6-11-23(22)28-26/h3-6,8-13,18,29H,2,7,14-17H2,1H3,(H,27,28). The van der Waals surface area contributed by atoms with Crippen LogP contribution in [0, 0.1) is 0 Å². The molecule has 2 heterocycles. The number of rotatable bonds is 6.